The minimum absolute atomic E-state index is 0.0595. The van der Waals surface area contributed by atoms with Crippen molar-refractivity contribution in [2.45, 2.75) is 39.5 Å². The molecule has 3 aromatic rings. The molecule has 1 aromatic heterocycles. The van der Waals surface area contributed by atoms with Gasteiger partial charge in [-0.2, -0.15) is 0 Å². The third-order valence-corrected chi connectivity index (χ3v) is 6.48. The predicted molar refractivity (Wildman–Crippen MR) is 140 cm³/mol. The summed E-state index contributed by atoms with van der Waals surface area (Å²) in [5.41, 5.74) is 3.56. The van der Waals surface area contributed by atoms with Gasteiger partial charge in [0.1, 0.15) is 10.6 Å². The zero-order valence-electron chi connectivity index (χ0n) is 19.9. The molecule has 0 aliphatic rings. The summed E-state index contributed by atoms with van der Waals surface area (Å²) in [7, 11) is 0. The number of ether oxygens (including phenoxy) is 1. The maximum Gasteiger partial charge on any atom is 0.341 e. The Hall–Kier alpha value is -3.78. The summed E-state index contributed by atoms with van der Waals surface area (Å²) >= 11 is 1.25. The van der Waals surface area contributed by atoms with E-state index in [-0.39, 0.29) is 12.3 Å². The SMILES string of the molecule is CCCOC(=O)c1c(-c2ccc([C@H](C)CC)cc2)csc1NC(=O)/C=C/c1cccc([N+](=O)[O-])c1. The van der Waals surface area contributed by atoms with E-state index in [1.807, 2.05) is 24.4 Å². The molecule has 0 unspecified atom stereocenters. The zero-order valence-corrected chi connectivity index (χ0v) is 20.8. The van der Waals surface area contributed by atoms with Gasteiger partial charge in [0.05, 0.1) is 11.5 Å². The Morgan fingerprint density at radius 1 is 1.17 bits per heavy atom. The van der Waals surface area contributed by atoms with Crippen LogP contribution in [-0.4, -0.2) is 23.4 Å². The molecule has 0 spiro atoms. The second kappa shape index (κ2) is 12.1. The lowest BCUT2D eigenvalue weighted by Crippen LogP contribution is -2.13. The molecule has 1 amide bonds. The van der Waals surface area contributed by atoms with Gasteiger partial charge >= 0.3 is 5.97 Å². The van der Waals surface area contributed by atoms with E-state index in [1.54, 1.807) is 12.1 Å². The fourth-order valence-corrected chi connectivity index (χ4v) is 4.39. The number of benzene rings is 2. The molecule has 0 aliphatic heterocycles. The number of thiophene rings is 1. The third-order valence-electron chi connectivity index (χ3n) is 5.58. The van der Waals surface area contributed by atoms with Crippen molar-refractivity contribution in [3.63, 3.8) is 0 Å². The molecule has 8 heteroatoms. The minimum atomic E-state index is -0.493. The Balaban J connectivity index is 1.86. The summed E-state index contributed by atoms with van der Waals surface area (Å²) in [6, 6.07) is 14.1. The Morgan fingerprint density at radius 3 is 2.57 bits per heavy atom. The van der Waals surface area contributed by atoms with Crippen molar-refractivity contribution >= 4 is 40.0 Å². The van der Waals surface area contributed by atoms with Gasteiger partial charge in [0, 0.05) is 29.2 Å². The molecule has 0 bridgehead atoms. The smallest absolute Gasteiger partial charge is 0.341 e. The molecule has 0 saturated carbocycles. The van der Waals surface area contributed by atoms with Crippen LogP contribution in [0, 0.1) is 10.1 Å². The first-order valence-electron chi connectivity index (χ1n) is 11.5. The monoisotopic (exact) mass is 492 g/mol. The second-order valence-corrected chi connectivity index (χ2v) is 8.98. The van der Waals surface area contributed by atoms with Gasteiger partial charge in [0.2, 0.25) is 5.91 Å². The first-order valence-corrected chi connectivity index (χ1v) is 12.3. The molecule has 182 valence electrons. The summed E-state index contributed by atoms with van der Waals surface area (Å²) in [6.07, 6.45) is 4.48. The third kappa shape index (κ3) is 6.64. The van der Waals surface area contributed by atoms with Crippen LogP contribution in [0.5, 0.6) is 0 Å². The Bertz CT molecular complexity index is 1230. The number of hydrogen-bond acceptors (Lipinski definition) is 6. The van der Waals surface area contributed by atoms with Gasteiger partial charge in [0.25, 0.3) is 5.69 Å². The van der Waals surface area contributed by atoms with E-state index < -0.39 is 16.8 Å². The molecule has 0 radical (unpaired) electrons. The van der Waals surface area contributed by atoms with Crippen LogP contribution in [0.1, 0.15) is 61.0 Å². The van der Waals surface area contributed by atoms with E-state index in [9.17, 15) is 19.7 Å². The Morgan fingerprint density at radius 2 is 1.91 bits per heavy atom. The highest BCUT2D eigenvalue weighted by Gasteiger charge is 2.22. The lowest BCUT2D eigenvalue weighted by Gasteiger charge is -2.11. The van der Waals surface area contributed by atoms with Crippen LogP contribution in [0.15, 0.2) is 60.0 Å². The lowest BCUT2D eigenvalue weighted by molar-refractivity contribution is -0.384. The second-order valence-electron chi connectivity index (χ2n) is 8.10. The van der Waals surface area contributed by atoms with Gasteiger partial charge in [0.15, 0.2) is 0 Å². The molecule has 1 heterocycles. The fraction of sp³-hybridized carbons (Fsp3) is 0.259. The van der Waals surface area contributed by atoms with Crippen LogP contribution in [-0.2, 0) is 9.53 Å². The van der Waals surface area contributed by atoms with Gasteiger partial charge in [-0.3, -0.25) is 14.9 Å². The number of carbonyl (C=O) groups is 2. The van der Waals surface area contributed by atoms with Crippen molar-refractivity contribution in [3.8, 4) is 11.1 Å². The van der Waals surface area contributed by atoms with Crippen molar-refractivity contribution < 1.29 is 19.2 Å². The van der Waals surface area contributed by atoms with E-state index in [1.165, 1.54) is 41.2 Å². The number of non-ortho nitro benzene ring substituents is 1. The van der Waals surface area contributed by atoms with Crippen molar-refractivity contribution in [3.05, 3.63) is 86.8 Å². The maximum atomic E-state index is 12.9. The molecule has 0 aliphatic carbocycles. The normalized spacial score (nSPS) is 11.9. The van der Waals surface area contributed by atoms with Crippen LogP contribution in [0.3, 0.4) is 0 Å². The van der Waals surface area contributed by atoms with Crippen molar-refractivity contribution in [2.24, 2.45) is 0 Å². The summed E-state index contributed by atoms with van der Waals surface area (Å²) in [5, 5.41) is 15.9. The average Bonchev–Trinajstić information content (AvgIpc) is 3.29. The van der Waals surface area contributed by atoms with E-state index in [0.717, 1.165) is 12.0 Å². The topological polar surface area (TPSA) is 98.5 Å². The minimum Gasteiger partial charge on any atom is -0.462 e. The lowest BCUT2D eigenvalue weighted by atomic mass is 9.95. The van der Waals surface area contributed by atoms with E-state index in [4.69, 9.17) is 4.74 Å². The molecular weight excluding hydrogens is 464 g/mol. The molecule has 0 saturated heterocycles. The molecule has 1 N–H and O–H groups in total. The maximum absolute atomic E-state index is 12.9. The van der Waals surface area contributed by atoms with Crippen LogP contribution in [0.2, 0.25) is 0 Å². The molecule has 7 nitrogen and oxygen atoms in total. The number of hydrogen-bond donors (Lipinski definition) is 1. The molecule has 0 fully saturated rings. The van der Waals surface area contributed by atoms with Crippen LogP contribution < -0.4 is 5.32 Å². The summed E-state index contributed by atoms with van der Waals surface area (Å²) in [4.78, 5) is 36.0. The molecule has 3 rings (SSSR count). The van der Waals surface area contributed by atoms with Crippen LogP contribution in [0.25, 0.3) is 17.2 Å². The first kappa shape index (κ1) is 25.8. The standard InChI is InChI=1S/C27H28N2O5S/c1-4-15-34-27(31)25-23(21-12-10-20(11-13-21)18(3)5-2)17-35-26(25)28-24(30)14-9-19-7-6-8-22(16-19)29(32)33/h6-14,16-18H,4-5,15H2,1-3H3,(H,28,30)/b14-9+/t18-/m1/s1. The van der Waals surface area contributed by atoms with Gasteiger partial charge in [-0.25, -0.2) is 4.79 Å². The highest BCUT2D eigenvalue weighted by atomic mass is 32.1. The number of nitro groups is 1. The quantitative estimate of drug-likeness (QED) is 0.141. The summed E-state index contributed by atoms with van der Waals surface area (Å²) < 4.78 is 5.40. The summed E-state index contributed by atoms with van der Waals surface area (Å²) in [6.45, 7) is 6.50. The summed E-state index contributed by atoms with van der Waals surface area (Å²) in [5.74, 6) is -0.512. The van der Waals surface area contributed by atoms with E-state index in [0.29, 0.717) is 34.0 Å². The van der Waals surface area contributed by atoms with Gasteiger partial charge in [-0.1, -0.05) is 57.2 Å². The predicted octanol–water partition coefficient (Wildman–Crippen LogP) is 7.06. The van der Waals surface area contributed by atoms with Crippen molar-refractivity contribution in [1.29, 1.82) is 0 Å². The number of nitrogens with one attached hydrogen (secondary N) is 1. The molecule has 1 atom stereocenters. The highest BCUT2D eigenvalue weighted by Crippen LogP contribution is 2.37. The number of rotatable bonds is 10. The first-order chi connectivity index (χ1) is 16.8. The molecular formula is C27H28N2O5S. The van der Waals surface area contributed by atoms with E-state index >= 15 is 0 Å². The molecule has 35 heavy (non-hydrogen) atoms. The number of nitro benzene ring substituents is 1. The van der Waals surface area contributed by atoms with E-state index in [2.05, 4.69) is 31.3 Å². The largest absolute Gasteiger partial charge is 0.462 e. The van der Waals surface area contributed by atoms with Crippen LogP contribution in [0.4, 0.5) is 10.7 Å². The van der Waals surface area contributed by atoms with Crippen molar-refractivity contribution in [1.82, 2.24) is 0 Å². The number of amides is 1. The Kier molecular flexibility index (Phi) is 8.92. The highest BCUT2D eigenvalue weighted by molar-refractivity contribution is 7.15. The fourth-order valence-electron chi connectivity index (χ4n) is 3.43. The number of anilines is 1. The average molecular weight is 493 g/mol. The number of carbonyl (C=O) groups excluding carboxylic acids is 2. The van der Waals surface area contributed by atoms with Crippen molar-refractivity contribution in [2.75, 3.05) is 11.9 Å². The van der Waals surface area contributed by atoms with Gasteiger partial charge in [-0.15, -0.1) is 11.3 Å². The van der Waals surface area contributed by atoms with Gasteiger partial charge < -0.3 is 10.1 Å². The van der Waals surface area contributed by atoms with Gasteiger partial charge in [-0.05, 0) is 41.5 Å². The Labute approximate surface area is 208 Å². The number of esters is 1. The number of nitrogens with zero attached hydrogens (tertiary/aromatic N) is 1. The van der Waals surface area contributed by atoms with Crippen LogP contribution >= 0.6 is 11.3 Å². The molecule has 2 aromatic carbocycles. The zero-order chi connectivity index (χ0) is 25.4.